The van der Waals surface area contributed by atoms with Crippen LogP contribution in [0.25, 0.3) is 10.9 Å². The molecule has 2 aliphatic rings. The Labute approximate surface area is 247 Å². The van der Waals surface area contributed by atoms with Crippen molar-refractivity contribution in [3.63, 3.8) is 0 Å². The molecule has 0 unspecified atom stereocenters. The van der Waals surface area contributed by atoms with E-state index < -0.39 is 0 Å². The van der Waals surface area contributed by atoms with Crippen molar-refractivity contribution in [2.24, 2.45) is 13.0 Å². The van der Waals surface area contributed by atoms with Crippen molar-refractivity contribution in [2.45, 2.75) is 38.8 Å². The Morgan fingerprint density at radius 2 is 1.56 bits per heavy atom. The van der Waals surface area contributed by atoms with Crippen LogP contribution in [-0.2, 0) is 24.9 Å². The minimum absolute atomic E-state index is 0.0259. The lowest BCUT2D eigenvalue weighted by Crippen LogP contribution is -2.39. The maximum Gasteiger partial charge on any atom is 0.256 e. The fraction of sp³-hybridized carbons (Fsp3) is 0.353. The fourth-order valence-corrected chi connectivity index (χ4v) is 6.13. The summed E-state index contributed by atoms with van der Waals surface area (Å²) in [6.45, 7) is 4.30. The Morgan fingerprint density at radius 1 is 0.854 bits per heavy atom. The van der Waals surface area contributed by atoms with Crippen LogP contribution in [0.5, 0.6) is 0 Å². The monoisotopic (exact) mass is 568 g/mol. The first kappa shape index (κ1) is 27.6. The van der Waals surface area contributed by atoms with Crippen molar-refractivity contribution < 1.29 is 9.59 Å². The molecule has 1 saturated carbocycles. The zero-order valence-corrected chi connectivity index (χ0v) is 24.4. The third-order valence-corrected chi connectivity index (χ3v) is 8.58. The summed E-state index contributed by atoms with van der Waals surface area (Å²) in [5.74, 6) is 0.359. The molecule has 1 aliphatic carbocycles. The molecular formula is C34H37ClN4O2. The number of hydrogen-bond donors (Lipinski definition) is 0. The molecule has 1 aromatic heterocycles. The predicted octanol–water partition coefficient (Wildman–Crippen LogP) is 6.51. The first-order chi connectivity index (χ1) is 20.0. The van der Waals surface area contributed by atoms with Crippen LogP contribution in [-0.4, -0.2) is 52.4 Å². The van der Waals surface area contributed by atoms with Crippen molar-refractivity contribution >= 4 is 40.0 Å². The number of carbonyl (C=O) groups is 2. The summed E-state index contributed by atoms with van der Waals surface area (Å²) >= 11 is 6.14. The average Bonchev–Trinajstić information content (AvgIpc) is 3.78. The Morgan fingerprint density at radius 3 is 2.34 bits per heavy atom. The highest BCUT2D eigenvalue weighted by atomic mass is 35.5. The second-order valence-electron chi connectivity index (χ2n) is 11.4. The van der Waals surface area contributed by atoms with Gasteiger partial charge in [-0.1, -0.05) is 60.1 Å². The number of benzene rings is 3. The molecule has 6 nitrogen and oxygen atoms in total. The molecule has 2 amide bonds. The lowest BCUT2D eigenvalue weighted by atomic mass is 10.1. The van der Waals surface area contributed by atoms with Crippen LogP contribution in [0.2, 0.25) is 5.02 Å². The molecule has 41 heavy (non-hydrogen) atoms. The topological polar surface area (TPSA) is 48.8 Å². The van der Waals surface area contributed by atoms with Crippen LogP contribution in [0.15, 0.2) is 79.0 Å². The number of fused-ring (bicyclic) bond motifs is 2. The van der Waals surface area contributed by atoms with Gasteiger partial charge in [0.15, 0.2) is 0 Å². The number of aromatic nitrogens is 1. The van der Waals surface area contributed by atoms with Crippen LogP contribution in [0, 0.1) is 5.92 Å². The van der Waals surface area contributed by atoms with E-state index in [0.717, 1.165) is 78.1 Å². The summed E-state index contributed by atoms with van der Waals surface area (Å²) in [6, 6.07) is 24.2. The van der Waals surface area contributed by atoms with E-state index in [0.29, 0.717) is 19.6 Å². The van der Waals surface area contributed by atoms with Crippen LogP contribution in [0.1, 0.15) is 47.2 Å². The zero-order valence-electron chi connectivity index (χ0n) is 23.6. The molecule has 3 aromatic carbocycles. The van der Waals surface area contributed by atoms with E-state index in [1.165, 1.54) is 5.56 Å². The summed E-state index contributed by atoms with van der Waals surface area (Å²) < 4.78 is 2.02. The molecule has 0 N–H and O–H groups in total. The first-order valence-electron chi connectivity index (χ1n) is 14.7. The van der Waals surface area contributed by atoms with E-state index in [1.54, 1.807) is 0 Å². The maximum absolute atomic E-state index is 14.2. The predicted molar refractivity (Wildman–Crippen MR) is 165 cm³/mol. The minimum Gasteiger partial charge on any atom is -0.350 e. The SMILES string of the molecule is Cn1cc(C(=O)N2CCCN(Cc3ccc(Cl)cc3)CCCN(C(=O)C3CC3)c3ccccc3C2)c2ccccc21. The number of anilines is 1. The van der Waals surface area contributed by atoms with Gasteiger partial charge < -0.3 is 14.4 Å². The van der Waals surface area contributed by atoms with Crippen molar-refractivity contribution in [3.05, 3.63) is 101 Å². The van der Waals surface area contributed by atoms with Gasteiger partial charge in [-0.3, -0.25) is 14.5 Å². The van der Waals surface area contributed by atoms with Gasteiger partial charge in [-0.25, -0.2) is 0 Å². The lowest BCUT2D eigenvalue weighted by Gasteiger charge is -2.32. The van der Waals surface area contributed by atoms with Crippen LogP contribution in [0.3, 0.4) is 0 Å². The molecule has 1 fully saturated rings. The number of halogens is 1. The van der Waals surface area contributed by atoms with Gasteiger partial charge in [0, 0.05) is 80.0 Å². The molecule has 0 spiro atoms. The summed E-state index contributed by atoms with van der Waals surface area (Å²) in [5, 5.41) is 1.70. The van der Waals surface area contributed by atoms with Crippen molar-refractivity contribution in [3.8, 4) is 0 Å². The summed E-state index contributed by atoms with van der Waals surface area (Å²) in [6.07, 6.45) is 5.62. The molecule has 6 rings (SSSR count). The molecule has 7 heteroatoms. The first-order valence-corrected chi connectivity index (χ1v) is 15.0. The fourth-order valence-electron chi connectivity index (χ4n) is 6.00. The Balaban J connectivity index is 1.33. The molecule has 0 radical (unpaired) electrons. The Kier molecular flexibility index (Phi) is 8.13. The maximum atomic E-state index is 14.2. The quantitative estimate of drug-likeness (QED) is 0.282. The summed E-state index contributed by atoms with van der Waals surface area (Å²) in [4.78, 5) is 34.2. The Hall–Kier alpha value is -3.61. The van der Waals surface area contributed by atoms with E-state index in [4.69, 9.17) is 11.6 Å². The van der Waals surface area contributed by atoms with Gasteiger partial charge in [-0.15, -0.1) is 0 Å². The second-order valence-corrected chi connectivity index (χ2v) is 11.8. The molecular weight excluding hydrogens is 532 g/mol. The van der Waals surface area contributed by atoms with Crippen LogP contribution >= 0.6 is 11.6 Å². The molecule has 0 atom stereocenters. The highest BCUT2D eigenvalue weighted by molar-refractivity contribution is 6.30. The Bertz CT molecular complexity index is 1540. The largest absolute Gasteiger partial charge is 0.350 e. The van der Waals surface area contributed by atoms with E-state index in [9.17, 15) is 9.59 Å². The van der Waals surface area contributed by atoms with Crippen molar-refractivity contribution in [1.29, 1.82) is 0 Å². The van der Waals surface area contributed by atoms with Gasteiger partial charge in [0.2, 0.25) is 5.91 Å². The summed E-state index contributed by atoms with van der Waals surface area (Å²) in [5.41, 5.74) is 4.93. The third kappa shape index (κ3) is 6.19. The van der Waals surface area contributed by atoms with Crippen LogP contribution in [0.4, 0.5) is 5.69 Å². The minimum atomic E-state index is 0.0259. The molecule has 2 heterocycles. The highest BCUT2D eigenvalue weighted by Gasteiger charge is 2.35. The standard InChI is InChI=1S/C34H37ClN4O2/c1-36-24-30(29-9-3-5-11-32(29)36)34(41)38-20-6-18-37(22-25-12-16-28(35)17-13-25)19-7-21-39(33(40)26-14-15-26)31-10-4-2-8-27(31)23-38/h2-5,8-13,16-17,24,26H,6-7,14-15,18-23H2,1H3. The van der Waals surface area contributed by atoms with E-state index >= 15 is 0 Å². The zero-order chi connectivity index (χ0) is 28.3. The third-order valence-electron chi connectivity index (χ3n) is 8.33. The van der Waals surface area contributed by atoms with Gasteiger partial charge in [-0.2, -0.15) is 0 Å². The molecule has 0 saturated heterocycles. The van der Waals surface area contributed by atoms with Gasteiger partial charge in [0.1, 0.15) is 0 Å². The highest BCUT2D eigenvalue weighted by Crippen LogP contribution is 2.34. The van der Waals surface area contributed by atoms with E-state index in [2.05, 4.69) is 23.1 Å². The average molecular weight is 569 g/mol. The number of nitrogens with zero attached hydrogens (tertiary/aromatic N) is 4. The molecule has 0 bridgehead atoms. The van der Waals surface area contributed by atoms with Gasteiger partial charge in [0.05, 0.1) is 5.56 Å². The van der Waals surface area contributed by atoms with Crippen molar-refractivity contribution in [2.75, 3.05) is 31.1 Å². The number of para-hydroxylation sites is 2. The smallest absolute Gasteiger partial charge is 0.256 e. The number of aryl methyl sites for hydroxylation is 1. The molecule has 212 valence electrons. The van der Waals surface area contributed by atoms with Gasteiger partial charge >= 0.3 is 0 Å². The second kappa shape index (κ2) is 12.1. The van der Waals surface area contributed by atoms with Gasteiger partial charge in [-0.05, 0) is 61.1 Å². The van der Waals surface area contributed by atoms with E-state index in [1.807, 2.05) is 82.2 Å². The van der Waals surface area contributed by atoms with Gasteiger partial charge in [0.25, 0.3) is 5.91 Å². The van der Waals surface area contributed by atoms with E-state index in [-0.39, 0.29) is 17.7 Å². The molecule has 1 aliphatic heterocycles. The van der Waals surface area contributed by atoms with Crippen LogP contribution < -0.4 is 4.90 Å². The number of carbonyl (C=O) groups excluding carboxylic acids is 2. The number of amides is 2. The summed E-state index contributed by atoms with van der Waals surface area (Å²) in [7, 11) is 1.99. The number of hydrogen-bond acceptors (Lipinski definition) is 3. The molecule has 4 aromatic rings. The van der Waals surface area contributed by atoms with Crippen molar-refractivity contribution in [1.82, 2.24) is 14.4 Å². The number of rotatable bonds is 4. The normalized spacial score (nSPS) is 17.1. The lowest BCUT2D eigenvalue weighted by molar-refractivity contribution is -0.119.